The third-order valence-electron chi connectivity index (χ3n) is 3.83. The van der Waals surface area contributed by atoms with Crippen LogP contribution in [-0.4, -0.2) is 12.0 Å². The van der Waals surface area contributed by atoms with Crippen LogP contribution in [0.5, 0.6) is 0 Å². The Morgan fingerprint density at radius 3 is 2.26 bits per heavy atom. The molecule has 0 aliphatic rings. The molecule has 0 bridgehead atoms. The lowest BCUT2D eigenvalue weighted by molar-refractivity contribution is 0.203. The van der Waals surface area contributed by atoms with Gasteiger partial charge in [-0.3, -0.25) is 5.41 Å². The highest BCUT2D eigenvalue weighted by molar-refractivity contribution is 5.87. The van der Waals surface area contributed by atoms with Crippen LogP contribution in [0, 0.1) is 32.1 Å². The van der Waals surface area contributed by atoms with Gasteiger partial charge in [-0.1, -0.05) is 26.0 Å². The average Bonchev–Trinajstić information content (AvgIpc) is 2.32. The van der Waals surface area contributed by atoms with Gasteiger partial charge in [0.05, 0.1) is 0 Å². The molecule has 0 aromatic heterocycles. The van der Waals surface area contributed by atoms with Crippen LogP contribution in [0.4, 0.5) is 4.79 Å². The number of rotatable bonds is 3. The molecular formula is C15H22N2O2. The first-order valence-corrected chi connectivity index (χ1v) is 6.38. The molecule has 1 aromatic carbocycles. The van der Waals surface area contributed by atoms with Crippen molar-refractivity contribution >= 4 is 12.0 Å². The third-order valence-corrected chi connectivity index (χ3v) is 3.83. The number of benzene rings is 1. The maximum absolute atomic E-state index is 10.7. The van der Waals surface area contributed by atoms with Crippen molar-refractivity contribution in [2.24, 2.45) is 11.7 Å². The Morgan fingerprint density at radius 1 is 1.21 bits per heavy atom. The fourth-order valence-corrected chi connectivity index (χ4v) is 2.35. The number of carbonyl (C=O) groups excluding carboxylic acids is 1. The number of hydrogen-bond donors (Lipinski definition) is 2. The first kappa shape index (κ1) is 15.2. The van der Waals surface area contributed by atoms with Crippen LogP contribution >= 0.6 is 0 Å². The summed E-state index contributed by atoms with van der Waals surface area (Å²) >= 11 is 0. The first-order chi connectivity index (χ1) is 8.75. The van der Waals surface area contributed by atoms with E-state index < -0.39 is 6.09 Å². The second-order valence-electron chi connectivity index (χ2n) is 5.10. The fraction of sp³-hybridized carbons (Fsp3) is 0.467. The monoisotopic (exact) mass is 262 g/mol. The van der Waals surface area contributed by atoms with Crippen molar-refractivity contribution in [1.82, 2.24) is 0 Å². The number of nitrogens with two attached hydrogens (primary N) is 1. The molecular weight excluding hydrogens is 240 g/mol. The summed E-state index contributed by atoms with van der Waals surface area (Å²) in [5, 5.41) is 7.78. The zero-order valence-electron chi connectivity index (χ0n) is 12.2. The number of ether oxygens (including phenoxy) is 1. The second kappa shape index (κ2) is 5.87. The molecule has 4 nitrogen and oxygen atoms in total. The van der Waals surface area contributed by atoms with E-state index in [1.54, 1.807) is 0 Å². The number of hydrogen-bond acceptors (Lipinski definition) is 3. The largest absolute Gasteiger partial charge is 0.411 e. The second-order valence-corrected chi connectivity index (χ2v) is 5.10. The molecule has 0 aliphatic carbocycles. The molecule has 2 atom stereocenters. The zero-order valence-corrected chi connectivity index (χ0v) is 12.2. The topological polar surface area (TPSA) is 76.2 Å². The Hall–Kier alpha value is -1.84. The molecule has 104 valence electrons. The van der Waals surface area contributed by atoms with E-state index in [1.165, 1.54) is 22.3 Å². The van der Waals surface area contributed by atoms with Crippen LogP contribution in [0.15, 0.2) is 12.1 Å². The number of nitrogens with one attached hydrogen (secondary N) is 1. The normalized spacial score (nSPS) is 13.7. The fourth-order valence-electron chi connectivity index (χ4n) is 2.35. The Labute approximate surface area is 114 Å². The van der Waals surface area contributed by atoms with Gasteiger partial charge in [0.25, 0.3) is 0 Å². The smallest absolute Gasteiger partial charge is 0.396 e. The molecule has 0 aliphatic heterocycles. The molecule has 1 rings (SSSR count). The van der Waals surface area contributed by atoms with Crippen molar-refractivity contribution in [3.8, 4) is 0 Å². The minimum absolute atomic E-state index is 0.0830. The lowest BCUT2D eigenvalue weighted by Gasteiger charge is -2.24. The Bertz CT molecular complexity index is 509. The molecule has 4 heteroatoms. The maximum Gasteiger partial charge on any atom is 0.411 e. The molecule has 0 radical (unpaired) electrons. The number of carbonyl (C=O) groups is 1. The minimum atomic E-state index is -0.929. The van der Waals surface area contributed by atoms with E-state index in [4.69, 9.17) is 11.1 Å². The number of aryl methyl sites for hydroxylation is 2. The number of primary amides is 1. The van der Waals surface area contributed by atoms with Gasteiger partial charge in [0, 0.05) is 5.92 Å². The van der Waals surface area contributed by atoms with Crippen molar-refractivity contribution in [3.05, 3.63) is 34.4 Å². The molecule has 0 heterocycles. The summed E-state index contributed by atoms with van der Waals surface area (Å²) in [6.07, 6.45) is -0.929. The predicted octanol–water partition coefficient (Wildman–Crippen LogP) is 3.42. The van der Waals surface area contributed by atoms with Gasteiger partial charge in [0.2, 0.25) is 0 Å². The average molecular weight is 262 g/mol. The maximum atomic E-state index is 10.7. The minimum Gasteiger partial charge on any atom is -0.396 e. The lowest BCUT2D eigenvalue weighted by Crippen LogP contribution is -2.26. The van der Waals surface area contributed by atoms with Crippen LogP contribution in [-0.2, 0) is 4.74 Å². The molecule has 1 aromatic rings. The molecule has 0 unspecified atom stereocenters. The van der Waals surface area contributed by atoms with Crippen LogP contribution < -0.4 is 5.73 Å². The van der Waals surface area contributed by atoms with E-state index in [0.717, 1.165) is 0 Å². The van der Waals surface area contributed by atoms with Gasteiger partial charge in [0.1, 0.15) is 0 Å². The van der Waals surface area contributed by atoms with Gasteiger partial charge in [-0.15, -0.1) is 0 Å². The Kier molecular flexibility index (Phi) is 4.70. The summed E-state index contributed by atoms with van der Waals surface area (Å²) in [7, 11) is 0. The summed E-state index contributed by atoms with van der Waals surface area (Å²) in [4.78, 5) is 10.7. The summed E-state index contributed by atoms with van der Waals surface area (Å²) in [5.74, 6) is -0.196. The Balaban J connectivity index is 3.06. The predicted molar refractivity (Wildman–Crippen MR) is 76.6 cm³/mol. The van der Waals surface area contributed by atoms with Crippen molar-refractivity contribution in [2.45, 2.75) is 40.5 Å². The van der Waals surface area contributed by atoms with E-state index in [1.807, 2.05) is 13.8 Å². The van der Waals surface area contributed by atoms with Gasteiger partial charge in [-0.05, 0) is 48.9 Å². The number of amides is 1. The summed E-state index contributed by atoms with van der Waals surface area (Å²) in [6.45, 7) is 10.1. The SMILES string of the molecule is Cc1ccc(C)c([C@H](C)[C@H](C)C(=N)OC(N)=O)c1C. The van der Waals surface area contributed by atoms with Gasteiger partial charge in [0.15, 0.2) is 5.90 Å². The van der Waals surface area contributed by atoms with Crippen LogP contribution in [0.3, 0.4) is 0 Å². The lowest BCUT2D eigenvalue weighted by atomic mass is 9.82. The molecule has 0 saturated heterocycles. The molecule has 19 heavy (non-hydrogen) atoms. The molecule has 1 amide bonds. The van der Waals surface area contributed by atoms with E-state index in [9.17, 15) is 4.79 Å². The van der Waals surface area contributed by atoms with Crippen molar-refractivity contribution in [3.63, 3.8) is 0 Å². The van der Waals surface area contributed by atoms with Crippen molar-refractivity contribution in [2.75, 3.05) is 0 Å². The molecule has 0 saturated carbocycles. The molecule has 3 N–H and O–H groups in total. The highest BCUT2D eigenvalue weighted by Crippen LogP contribution is 2.31. The van der Waals surface area contributed by atoms with Gasteiger partial charge in [-0.2, -0.15) is 0 Å². The molecule has 0 fully saturated rings. The first-order valence-electron chi connectivity index (χ1n) is 6.38. The molecule has 0 spiro atoms. The summed E-state index contributed by atoms with van der Waals surface area (Å²) < 4.78 is 4.69. The van der Waals surface area contributed by atoms with Crippen molar-refractivity contribution in [1.29, 1.82) is 5.41 Å². The standard InChI is InChI=1S/C15H22N2O2/c1-8-6-7-9(2)13(10(8)3)11(4)12(5)14(16)19-15(17)18/h6-7,11-12,16H,1-5H3,(H2,17,18)/t11-,12+/m1/s1. The summed E-state index contributed by atoms with van der Waals surface area (Å²) in [5.41, 5.74) is 9.81. The van der Waals surface area contributed by atoms with Crippen LogP contribution in [0.2, 0.25) is 0 Å². The highest BCUT2D eigenvalue weighted by atomic mass is 16.6. The van der Waals surface area contributed by atoms with Crippen molar-refractivity contribution < 1.29 is 9.53 Å². The quantitative estimate of drug-likeness (QED) is 0.646. The van der Waals surface area contributed by atoms with Crippen LogP contribution in [0.25, 0.3) is 0 Å². The van der Waals surface area contributed by atoms with E-state index in [0.29, 0.717) is 0 Å². The highest BCUT2D eigenvalue weighted by Gasteiger charge is 2.24. The van der Waals surface area contributed by atoms with E-state index >= 15 is 0 Å². The zero-order chi connectivity index (χ0) is 14.7. The third kappa shape index (κ3) is 3.34. The van der Waals surface area contributed by atoms with E-state index in [-0.39, 0.29) is 17.7 Å². The summed E-state index contributed by atoms with van der Waals surface area (Å²) in [6, 6.07) is 4.18. The van der Waals surface area contributed by atoms with E-state index in [2.05, 4.69) is 37.6 Å². The van der Waals surface area contributed by atoms with Gasteiger partial charge < -0.3 is 10.5 Å². The Morgan fingerprint density at radius 2 is 1.74 bits per heavy atom. The van der Waals surface area contributed by atoms with Gasteiger partial charge in [-0.25, -0.2) is 4.79 Å². The van der Waals surface area contributed by atoms with Crippen LogP contribution in [0.1, 0.15) is 42.0 Å². The van der Waals surface area contributed by atoms with Gasteiger partial charge >= 0.3 is 6.09 Å².